The first-order valence-corrected chi connectivity index (χ1v) is 9.49. The lowest BCUT2D eigenvalue weighted by Crippen LogP contribution is -2.25. The van der Waals surface area contributed by atoms with Crippen LogP contribution in [-0.4, -0.2) is 30.6 Å². The molecule has 8 nitrogen and oxygen atoms in total. The highest BCUT2D eigenvalue weighted by molar-refractivity contribution is 5.78. The molecule has 29 heavy (non-hydrogen) atoms. The van der Waals surface area contributed by atoms with Crippen molar-refractivity contribution in [3.8, 4) is 11.5 Å². The monoisotopic (exact) mass is 390 g/mol. The second-order valence-corrected chi connectivity index (χ2v) is 7.31. The quantitative estimate of drug-likeness (QED) is 0.543. The molecule has 4 rings (SSSR count). The average Bonchev–Trinajstić information content (AvgIpc) is 3.34. The van der Waals surface area contributed by atoms with Crippen LogP contribution in [0.4, 0.5) is 0 Å². The van der Waals surface area contributed by atoms with Gasteiger partial charge >= 0.3 is 0 Å². The zero-order chi connectivity index (χ0) is 20.4. The highest BCUT2D eigenvalue weighted by Gasteiger charge is 2.15. The van der Waals surface area contributed by atoms with E-state index in [1.54, 1.807) is 4.40 Å². The first-order chi connectivity index (χ1) is 14.0. The van der Waals surface area contributed by atoms with Crippen LogP contribution in [0.1, 0.15) is 42.5 Å². The predicted octanol–water partition coefficient (Wildman–Crippen LogP) is 3.07. The molecular weight excluding hydrogens is 368 g/mol. The zero-order valence-corrected chi connectivity index (χ0v) is 16.6. The molecule has 8 heteroatoms. The van der Waals surface area contributed by atoms with Crippen molar-refractivity contribution in [3.63, 3.8) is 0 Å². The van der Waals surface area contributed by atoms with Gasteiger partial charge in [0.2, 0.25) is 5.91 Å². The van der Waals surface area contributed by atoms with Crippen molar-refractivity contribution in [2.75, 3.05) is 0 Å². The predicted molar refractivity (Wildman–Crippen MR) is 107 cm³/mol. The zero-order valence-electron chi connectivity index (χ0n) is 16.6. The van der Waals surface area contributed by atoms with Gasteiger partial charge in [0.15, 0.2) is 11.5 Å². The van der Waals surface area contributed by atoms with Gasteiger partial charge in [-0.2, -0.15) is 4.98 Å². The van der Waals surface area contributed by atoms with Gasteiger partial charge in [-0.05, 0) is 24.6 Å². The molecule has 0 aliphatic carbocycles. The minimum Gasteiger partial charge on any atom is -0.352 e. The molecule has 0 atom stereocenters. The van der Waals surface area contributed by atoms with Crippen LogP contribution in [0.25, 0.3) is 17.1 Å². The van der Waals surface area contributed by atoms with Crippen LogP contribution in [-0.2, 0) is 17.8 Å². The van der Waals surface area contributed by atoms with Gasteiger partial charge in [0.1, 0.15) is 5.82 Å². The van der Waals surface area contributed by atoms with Gasteiger partial charge in [0, 0.05) is 24.2 Å². The molecule has 0 aliphatic rings. The van der Waals surface area contributed by atoms with Crippen molar-refractivity contribution in [2.24, 2.45) is 0 Å². The SMILES string of the molecule is Cc1cccc(CNC(=O)Cc2nnc3cc(-c4nc(C(C)C)no4)ccn23)c1. The summed E-state index contributed by atoms with van der Waals surface area (Å²) < 4.78 is 7.12. The Morgan fingerprint density at radius 1 is 1.21 bits per heavy atom. The molecule has 4 aromatic rings. The molecule has 1 amide bonds. The normalized spacial score (nSPS) is 11.3. The fourth-order valence-corrected chi connectivity index (χ4v) is 3.01. The minimum atomic E-state index is -0.108. The Balaban J connectivity index is 1.46. The number of aromatic nitrogens is 5. The van der Waals surface area contributed by atoms with Gasteiger partial charge in [-0.15, -0.1) is 10.2 Å². The lowest BCUT2D eigenvalue weighted by Gasteiger charge is -2.06. The third-order valence-corrected chi connectivity index (χ3v) is 4.58. The van der Waals surface area contributed by atoms with Crippen molar-refractivity contribution < 1.29 is 9.32 Å². The first kappa shape index (κ1) is 18.8. The summed E-state index contributed by atoms with van der Waals surface area (Å²) in [4.78, 5) is 16.7. The van der Waals surface area contributed by atoms with Gasteiger partial charge in [-0.25, -0.2) is 0 Å². The number of nitrogens with zero attached hydrogens (tertiary/aromatic N) is 5. The Labute approximate surface area is 168 Å². The summed E-state index contributed by atoms with van der Waals surface area (Å²) in [7, 11) is 0. The van der Waals surface area contributed by atoms with Gasteiger partial charge in [0.05, 0.1) is 6.42 Å². The van der Waals surface area contributed by atoms with Crippen LogP contribution in [0, 0.1) is 6.92 Å². The maximum absolute atomic E-state index is 12.3. The standard InChI is InChI=1S/C21H22N6O2/c1-13(2)20-23-21(29-26-20)16-7-8-27-17(10-16)24-25-18(27)11-19(28)22-12-15-6-4-5-14(3)9-15/h4-10,13H,11-12H2,1-3H3,(H,22,28). The van der Waals surface area contributed by atoms with Crippen molar-refractivity contribution in [2.45, 2.75) is 39.7 Å². The maximum atomic E-state index is 12.3. The molecule has 0 bridgehead atoms. The Hall–Kier alpha value is -3.55. The Morgan fingerprint density at radius 2 is 2.07 bits per heavy atom. The summed E-state index contributed by atoms with van der Waals surface area (Å²) in [6.45, 7) is 6.52. The van der Waals surface area contributed by atoms with Gasteiger partial charge < -0.3 is 9.84 Å². The minimum absolute atomic E-state index is 0.108. The molecule has 0 radical (unpaired) electrons. The fourth-order valence-electron chi connectivity index (χ4n) is 3.01. The van der Waals surface area contributed by atoms with E-state index in [9.17, 15) is 4.79 Å². The van der Waals surface area contributed by atoms with Crippen LogP contribution in [0.5, 0.6) is 0 Å². The van der Waals surface area contributed by atoms with E-state index in [4.69, 9.17) is 4.52 Å². The van der Waals surface area contributed by atoms with Crippen LogP contribution < -0.4 is 5.32 Å². The number of pyridine rings is 1. The molecule has 0 fully saturated rings. The molecule has 0 aliphatic heterocycles. The number of amides is 1. The van der Waals surface area contributed by atoms with Crippen LogP contribution in [0.2, 0.25) is 0 Å². The molecule has 0 spiro atoms. The second-order valence-electron chi connectivity index (χ2n) is 7.31. The molecule has 3 aromatic heterocycles. The third kappa shape index (κ3) is 4.16. The van der Waals surface area contributed by atoms with Crippen LogP contribution in [0.15, 0.2) is 47.1 Å². The number of carbonyl (C=O) groups excluding carboxylic acids is 1. The third-order valence-electron chi connectivity index (χ3n) is 4.58. The Bertz CT molecular complexity index is 1160. The number of fused-ring (bicyclic) bond motifs is 1. The highest BCUT2D eigenvalue weighted by Crippen LogP contribution is 2.21. The average molecular weight is 390 g/mol. The number of aryl methyl sites for hydroxylation is 1. The number of hydrogen-bond donors (Lipinski definition) is 1. The number of benzene rings is 1. The molecule has 1 N–H and O–H groups in total. The summed E-state index contributed by atoms with van der Waals surface area (Å²) in [6.07, 6.45) is 1.96. The van der Waals surface area contributed by atoms with Gasteiger partial charge in [-0.3, -0.25) is 9.20 Å². The number of nitrogens with one attached hydrogen (secondary N) is 1. The van der Waals surface area contributed by atoms with E-state index in [0.717, 1.165) is 16.7 Å². The van der Waals surface area contributed by atoms with E-state index >= 15 is 0 Å². The lowest BCUT2D eigenvalue weighted by molar-refractivity contribution is -0.120. The van der Waals surface area contributed by atoms with E-state index in [1.807, 2.05) is 57.3 Å². The summed E-state index contributed by atoms with van der Waals surface area (Å²) in [5, 5.41) is 15.2. The Kier molecular flexibility index (Phi) is 5.07. The van der Waals surface area contributed by atoms with Crippen molar-refractivity contribution in [1.82, 2.24) is 30.1 Å². The van der Waals surface area contributed by atoms with E-state index in [-0.39, 0.29) is 18.2 Å². The van der Waals surface area contributed by atoms with E-state index in [2.05, 4.69) is 31.7 Å². The topological polar surface area (TPSA) is 98.2 Å². The highest BCUT2D eigenvalue weighted by atomic mass is 16.5. The number of rotatable bonds is 6. The van der Waals surface area contributed by atoms with E-state index < -0.39 is 0 Å². The van der Waals surface area contributed by atoms with Crippen molar-refractivity contribution in [1.29, 1.82) is 0 Å². The Morgan fingerprint density at radius 3 is 2.83 bits per heavy atom. The second kappa shape index (κ2) is 7.83. The molecule has 1 aromatic carbocycles. The summed E-state index contributed by atoms with van der Waals surface area (Å²) in [6, 6.07) is 11.7. The molecule has 148 valence electrons. The van der Waals surface area contributed by atoms with Crippen molar-refractivity contribution in [3.05, 3.63) is 65.4 Å². The van der Waals surface area contributed by atoms with Gasteiger partial charge in [0.25, 0.3) is 5.89 Å². The van der Waals surface area contributed by atoms with Crippen LogP contribution >= 0.6 is 0 Å². The smallest absolute Gasteiger partial charge is 0.258 e. The summed E-state index contributed by atoms with van der Waals surface area (Å²) in [5.74, 6) is 1.75. The number of carbonyl (C=O) groups is 1. The summed E-state index contributed by atoms with van der Waals surface area (Å²) >= 11 is 0. The van der Waals surface area contributed by atoms with E-state index in [0.29, 0.717) is 29.7 Å². The first-order valence-electron chi connectivity index (χ1n) is 9.49. The molecule has 0 saturated carbocycles. The molecule has 3 heterocycles. The fraction of sp³-hybridized carbons (Fsp3) is 0.286. The molecule has 0 saturated heterocycles. The molecular formula is C21H22N6O2. The maximum Gasteiger partial charge on any atom is 0.258 e. The number of hydrogen-bond acceptors (Lipinski definition) is 6. The van der Waals surface area contributed by atoms with Crippen molar-refractivity contribution >= 4 is 11.6 Å². The molecule has 0 unspecified atom stereocenters. The lowest BCUT2D eigenvalue weighted by atomic mass is 10.1. The van der Waals surface area contributed by atoms with E-state index in [1.165, 1.54) is 0 Å². The largest absolute Gasteiger partial charge is 0.352 e. The summed E-state index contributed by atoms with van der Waals surface area (Å²) in [5.41, 5.74) is 3.61. The van der Waals surface area contributed by atoms with Crippen LogP contribution in [0.3, 0.4) is 0 Å². The van der Waals surface area contributed by atoms with Gasteiger partial charge in [-0.1, -0.05) is 48.8 Å².